The third-order valence-electron chi connectivity index (χ3n) is 3.04. The molecular weight excluding hydrogens is 290 g/mol. The summed E-state index contributed by atoms with van der Waals surface area (Å²) >= 11 is 0. The summed E-state index contributed by atoms with van der Waals surface area (Å²) in [7, 11) is 0. The van der Waals surface area contributed by atoms with Crippen LogP contribution in [0.15, 0.2) is 0 Å². The van der Waals surface area contributed by atoms with Crippen molar-refractivity contribution >= 4 is 18.0 Å². The Bertz CT molecular complexity index is 401. The van der Waals surface area contributed by atoms with Crippen LogP contribution in [0.4, 0.5) is 4.79 Å². The molecule has 2 N–H and O–H groups in total. The largest absolute Gasteiger partial charge is 0.479 e. The Morgan fingerprint density at radius 3 is 2.05 bits per heavy atom. The van der Waals surface area contributed by atoms with E-state index in [1.165, 1.54) is 0 Å². The van der Waals surface area contributed by atoms with Gasteiger partial charge in [-0.15, -0.1) is 0 Å². The molecule has 0 rings (SSSR count). The summed E-state index contributed by atoms with van der Waals surface area (Å²) in [6, 6.07) is -0.951. The SMILES string of the molecule is CCC(OC(=O)[C@@H](NC(=O)OC(C)(C)C)C(C)CC)C(=O)O. The van der Waals surface area contributed by atoms with Crippen molar-refractivity contribution in [2.24, 2.45) is 5.92 Å². The number of amides is 1. The molecule has 22 heavy (non-hydrogen) atoms. The zero-order valence-corrected chi connectivity index (χ0v) is 14.1. The first kappa shape index (κ1) is 20.2. The molecule has 0 aliphatic rings. The van der Waals surface area contributed by atoms with Gasteiger partial charge < -0.3 is 19.9 Å². The molecule has 3 atom stereocenters. The molecule has 0 radical (unpaired) electrons. The quantitative estimate of drug-likeness (QED) is 0.699. The summed E-state index contributed by atoms with van der Waals surface area (Å²) in [5.41, 5.74) is -0.693. The molecule has 1 amide bonds. The van der Waals surface area contributed by atoms with Crippen molar-refractivity contribution in [1.29, 1.82) is 0 Å². The molecule has 0 saturated heterocycles. The zero-order chi connectivity index (χ0) is 17.5. The Morgan fingerprint density at radius 1 is 1.14 bits per heavy atom. The predicted molar refractivity (Wildman–Crippen MR) is 80.4 cm³/mol. The van der Waals surface area contributed by atoms with Gasteiger partial charge in [0.1, 0.15) is 11.6 Å². The highest BCUT2D eigenvalue weighted by Gasteiger charge is 2.32. The van der Waals surface area contributed by atoms with Crippen molar-refractivity contribution in [2.75, 3.05) is 0 Å². The van der Waals surface area contributed by atoms with E-state index in [0.29, 0.717) is 6.42 Å². The van der Waals surface area contributed by atoms with E-state index >= 15 is 0 Å². The molecule has 0 heterocycles. The Hall–Kier alpha value is -1.79. The number of carboxylic acids is 1. The van der Waals surface area contributed by atoms with E-state index in [2.05, 4.69) is 5.32 Å². The molecule has 0 aliphatic heterocycles. The Kier molecular flexibility index (Phi) is 7.90. The van der Waals surface area contributed by atoms with E-state index in [-0.39, 0.29) is 12.3 Å². The fourth-order valence-electron chi connectivity index (χ4n) is 1.63. The average molecular weight is 317 g/mol. The standard InChI is InChI=1S/C15H27NO6/c1-7-9(3)11(16-14(20)22-15(4,5)6)13(19)21-10(8-2)12(17)18/h9-11H,7-8H2,1-6H3,(H,16,20)(H,17,18)/t9?,10?,11-/m0/s1. The van der Waals surface area contributed by atoms with Gasteiger partial charge in [-0.05, 0) is 33.1 Å². The fourth-order valence-corrected chi connectivity index (χ4v) is 1.63. The number of hydrogen-bond donors (Lipinski definition) is 2. The van der Waals surface area contributed by atoms with Crippen LogP contribution in [-0.2, 0) is 19.1 Å². The number of rotatable bonds is 7. The maximum absolute atomic E-state index is 12.2. The molecule has 128 valence electrons. The molecule has 0 aromatic carbocycles. The van der Waals surface area contributed by atoms with E-state index in [4.69, 9.17) is 14.6 Å². The van der Waals surface area contributed by atoms with Crippen LogP contribution in [0.2, 0.25) is 0 Å². The van der Waals surface area contributed by atoms with Gasteiger partial charge in [-0.2, -0.15) is 0 Å². The molecule has 7 nitrogen and oxygen atoms in total. The van der Waals surface area contributed by atoms with Gasteiger partial charge in [0, 0.05) is 0 Å². The van der Waals surface area contributed by atoms with Gasteiger partial charge in [-0.25, -0.2) is 14.4 Å². The lowest BCUT2D eigenvalue weighted by molar-refractivity contribution is -0.166. The lowest BCUT2D eigenvalue weighted by Gasteiger charge is -2.26. The molecular formula is C15H27NO6. The van der Waals surface area contributed by atoms with Crippen LogP contribution in [0.1, 0.15) is 54.4 Å². The van der Waals surface area contributed by atoms with Gasteiger partial charge in [-0.1, -0.05) is 27.2 Å². The average Bonchev–Trinajstić information content (AvgIpc) is 2.38. The number of alkyl carbamates (subject to hydrolysis) is 1. The Morgan fingerprint density at radius 2 is 1.68 bits per heavy atom. The Labute approximate surface area is 131 Å². The molecule has 0 saturated carbocycles. The molecule has 0 fully saturated rings. The number of hydrogen-bond acceptors (Lipinski definition) is 5. The third-order valence-corrected chi connectivity index (χ3v) is 3.04. The van der Waals surface area contributed by atoms with Gasteiger partial charge in [-0.3, -0.25) is 0 Å². The summed E-state index contributed by atoms with van der Waals surface area (Å²) in [4.78, 5) is 34.9. The molecule has 0 aliphatic carbocycles. The van der Waals surface area contributed by atoms with Crippen LogP contribution in [0.5, 0.6) is 0 Å². The lowest BCUT2D eigenvalue weighted by atomic mass is 9.99. The number of carbonyl (C=O) groups is 3. The van der Waals surface area contributed by atoms with E-state index in [1.54, 1.807) is 34.6 Å². The first-order valence-corrected chi connectivity index (χ1v) is 7.44. The smallest absolute Gasteiger partial charge is 0.408 e. The minimum atomic E-state index is -1.22. The third kappa shape index (κ3) is 7.28. The lowest BCUT2D eigenvalue weighted by Crippen LogP contribution is -2.49. The van der Waals surface area contributed by atoms with Gasteiger partial charge in [0.25, 0.3) is 0 Å². The number of ether oxygens (including phenoxy) is 2. The molecule has 2 unspecified atom stereocenters. The minimum absolute atomic E-state index is 0.154. The van der Waals surface area contributed by atoms with Crippen LogP contribution in [0.25, 0.3) is 0 Å². The van der Waals surface area contributed by atoms with Crippen molar-refractivity contribution in [3.8, 4) is 0 Å². The first-order chi connectivity index (χ1) is 10.0. The molecule has 0 spiro atoms. The van der Waals surface area contributed by atoms with Gasteiger partial charge >= 0.3 is 18.0 Å². The van der Waals surface area contributed by atoms with E-state index in [9.17, 15) is 14.4 Å². The summed E-state index contributed by atoms with van der Waals surface area (Å²) in [6.07, 6.45) is -1.20. The van der Waals surface area contributed by atoms with Crippen LogP contribution in [-0.4, -0.2) is 40.9 Å². The van der Waals surface area contributed by atoms with Crippen molar-refractivity contribution in [3.05, 3.63) is 0 Å². The first-order valence-electron chi connectivity index (χ1n) is 7.44. The molecule has 0 aromatic heterocycles. The molecule has 7 heteroatoms. The van der Waals surface area contributed by atoms with E-state index < -0.39 is 35.8 Å². The van der Waals surface area contributed by atoms with Crippen molar-refractivity contribution in [1.82, 2.24) is 5.32 Å². The normalized spacial score (nSPS) is 15.4. The van der Waals surface area contributed by atoms with E-state index in [1.807, 2.05) is 6.92 Å². The second-order valence-electron chi connectivity index (χ2n) is 6.18. The van der Waals surface area contributed by atoms with Gasteiger partial charge in [0.15, 0.2) is 6.10 Å². The number of nitrogens with one attached hydrogen (secondary N) is 1. The summed E-state index contributed by atoms with van der Waals surface area (Å²) < 4.78 is 10.1. The molecule has 0 bridgehead atoms. The van der Waals surface area contributed by atoms with Crippen LogP contribution < -0.4 is 5.32 Å². The number of carbonyl (C=O) groups excluding carboxylic acids is 2. The summed E-state index contributed by atoms with van der Waals surface area (Å²) in [5, 5.41) is 11.4. The highest BCUT2D eigenvalue weighted by Crippen LogP contribution is 2.13. The topological polar surface area (TPSA) is 102 Å². The monoisotopic (exact) mass is 317 g/mol. The van der Waals surface area contributed by atoms with Crippen LogP contribution in [0.3, 0.4) is 0 Å². The summed E-state index contributed by atoms with van der Waals surface area (Å²) in [5.74, 6) is -2.20. The Balaban J connectivity index is 4.94. The predicted octanol–water partition coefficient (Wildman–Crippen LogP) is 2.33. The van der Waals surface area contributed by atoms with E-state index in [0.717, 1.165) is 0 Å². The zero-order valence-electron chi connectivity index (χ0n) is 14.1. The fraction of sp³-hybridized carbons (Fsp3) is 0.800. The van der Waals surface area contributed by atoms with Gasteiger partial charge in [0.2, 0.25) is 0 Å². The number of esters is 1. The maximum Gasteiger partial charge on any atom is 0.408 e. The maximum atomic E-state index is 12.2. The van der Waals surface area contributed by atoms with Crippen molar-refractivity contribution < 1.29 is 29.0 Å². The molecule has 0 aromatic rings. The minimum Gasteiger partial charge on any atom is -0.479 e. The van der Waals surface area contributed by atoms with Gasteiger partial charge in [0.05, 0.1) is 0 Å². The highest BCUT2D eigenvalue weighted by molar-refractivity contribution is 5.84. The van der Waals surface area contributed by atoms with Crippen LogP contribution in [0, 0.1) is 5.92 Å². The number of carboxylic acid groups (broad SMARTS) is 1. The second kappa shape index (κ2) is 8.60. The van der Waals surface area contributed by atoms with Crippen molar-refractivity contribution in [2.45, 2.75) is 72.1 Å². The second-order valence-corrected chi connectivity index (χ2v) is 6.18. The van der Waals surface area contributed by atoms with Crippen LogP contribution >= 0.6 is 0 Å². The van der Waals surface area contributed by atoms with Crippen molar-refractivity contribution in [3.63, 3.8) is 0 Å². The summed E-state index contributed by atoms with van der Waals surface area (Å²) in [6.45, 7) is 10.4. The highest BCUT2D eigenvalue weighted by atomic mass is 16.6. The number of aliphatic carboxylic acids is 1.